The summed E-state index contributed by atoms with van der Waals surface area (Å²) in [4.78, 5) is 11.3. The van der Waals surface area contributed by atoms with Crippen molar-refractivity contribution in [3.63, 3.8) is 0 Å². The molecule has 1 nitrogen and oxygen atoms in total. The van der Waals surface area contributed by atoms with E-state index in [4.69, 9.17) is 0 Å². The van der Waals surface area contributed by atoms with Crippen molar-refractivity contribution in [2.45, 2.75) is 19.3 Å². The molecule has 0 aliphatic heterocycles. The zero-order valence-corrected chi connectivity index (χ0v) is 6.80. The molecule has 1 aromatic rings. The van der Waals surface area contributed by atoms with Gasteiger partial charge in [0, 0.05) is 12.0 Å². The molecule has 0 bridgehead atoms. The van der Waals surface area contributed by atoms with Crippen LogP contribution in [0.5, 0.6) is 0 Å². The van der Waals surface area contributed by atoms with Crippen LogP contribution >= 0.6 is 0 Å². The lowest BCUT2D eigenvalue weighted by Crippen LogP contribution is -1.90. The molecule has 0 aromatic heterocycles. The van der Waals surface area contributed by atoms with Crippen LogP contribution in [-0.4, -0.2) is 5.78 Å². The third-order valence-corrected chi connectivity index (χ3v) is 2.34. The number of Topliss-reactive ketones (excluding diaryl/α,β-unsaturated/α-hetero) is 1. The zero-order chi connectivity index (χ0) is 8.72. The average Bonchev–Trinajstić information content (AvgIpc) is 2.28. The number of fused-ring (bicyclic) bond motifs is 1. The normalized spacial score (nSPS) is 21.2. The summed E-state index contributed by atoms with van der Waals surface area (Å²) in [7, 11) is 0. The van der Waals surface area contributed by atoms with Gasteiger partial charge in [-0.3, -0.25) is 4.79 Å². The van der Waals surface area contributed by atoms with Crippen molar-refractivity contribution >= 4 is 5.78 Å². The van der Waals surface area contributed by atoms with Gasteiger partial charge in [-0.15, -0.1) is 0 Å². The highest BCUT2D eigenvalue weighted by atomic mass is 19.1. The van der Waals surface area contributed by atoms with Crippen LogP contribution in [0.15, 0.2) is 18.2 Å². The topological polar surface area (TPSA) is 17.1 Å². The van der Waals surface area contributed by atoms with Crippen LogP contribution in [0.1, 0.15) is 35.2 Å². The van der Waals surface area contributed by atoms with Crippen molar-refractivity contribution < 1.29 is 9.18 Å². The van der Waals surface area contributed by atoms with Crippen LogP contribution in [-0.2, 0) is 0 Å². The van der Waals surface area contributed by atoms with E-state index in [1.54, 1.807) is 6.07 Å². The maximum absolute atomic E-state index is 12.8. The summed E-state index contributed by atoms with van der Waals surface area (Å²) in [6.45, 7) is 1.95. The molecule has 1 aromatic carbocycles. The van der Waals surface area contributed by atoms with Gasteiger partial charge < -0.3 is 0 Å². The van der Waals surface area contributed by atoms with E-state index in [2.05, 4.69) is 0 Å². The Balaban J connectivity index is 2.60. The fraction of sp³-hybridized carbons (Fsp3) is 0.300. The molecule has 12 heavy (non-hydrogen) atoms. The third-order valence-electron chi connectivity index (χ3n) is 2.34. The minimum absolute atomic E-state index is 0.137. The number of hydrogen-bond acceptors (Lipinski definition) is 1. The highest BCUT2D eigenvalue weighted by Gasteiger charge is 2.25. The van der Waals surface area contributed by atoms with E-state index in [0.29, 0.717) is 12.0 Å². The van der Waals surface area contributed by atoms with Crippen molar-refractivity contribution in [3.05, 3.63) is 35.1 Å². The molecule has 0 N–H and O–H groups in total. The van der Waals surface area contributed by atoms with Crippen molar-refractivity contribution in [1.29, 1.82) is 0 Å². The monoisotopic (exact) mass is 164 g/mol. The first-order valence-corrected chi connectivity index (χ1v) is 4.01. The Morgan fingerprint density at radius 1 is 1.50 bits per heavy atom. The average molecular weight is 164 g/mol. The van der Waals surface area contributed by atoms with Gasteiger partial charge >= 0.3 is 0 Å². The first kappa shape index (κ1) is 7.47. The van der Waals surface area contributed by atoms with Crippen LogP contribution in [0, 0.1) is 5.82 Å². The predicted octanol–water partition coefficient (Wildman–Crippen LogP) is 2.52. The highest BCUT2D eigenvalue weighted by molar-refractivity contribution is 6.01. The molecule has 2 rings (SSSR count). The van der Waals surface area contributed by atoms with Crippen LogP contribution in [0.3, 0.4) is 0 Å². The first-order valence-electron chi connectivity index (χ1n) is 4.01. The standard InChI is InChI=1S/C10H9FO/c1-6-4-10(12)8-3-2-7(11)5-9(6)8/h2-3,5-6H,4H2,1H3/t6-/m1/s1. The van der Waals surface area contributed by atoms with Gasteiger partial charge in [-0.05, 0) is 29.7 Å². The summed E-state index contributed by atoms with van der Waals surface area (Å²) in [5.41, 5.74) is 1.56. The minimum atomic E-state index is -0.254. The SMILES string of the molecule is C[C@@H]1CC(=O)c2ccc(F)cc21. The smallest absolute Gasteiger partial charge is 0.163 e. The molecule has 1 aliphatic rings. The maximum Gasteiger partial charge on any atom is 0.163 e. The highest BCUT2D eigenvalue weighted by Crippen LogP contribution is 2.32. The second kappa shape index (κ2) is 2.41. The van der Waals surface area contributed by atoms with Crippen molar-refractivity contribution in [2.24, 2.45) is 0 Å². The van der Waals surface area contributed by atoms with Gasteiger partial charge in [-0.25, -0.2) is 4.39 Å². The van der Waals surface area contributed by atoms with Gasteiger partial charge in [0.25, 0.3) is 0 Å². The minimum Gasteiger partial charge on any atom is -0.294 e. The van der Waals surface area contributed by atoms with Gasteiger partial charge in [0.1, 0.15) is 5.82 Å². The molecule has 1 aliphatic carbocycles. The molecule has 1 atom stereocenters. The molecule has 62 valence electrons. The summed E-state index contributed by atoms with van der Waals surface area (Å²) < 4.78 is 12.8. The molecule has 0 spiro atoms. The van der Waals surface area contributed by atoms with Gasteiger partial charge in [-0.2, -0.15) is 0 Å². The second-order valence-electron chi connectivity index (χ2n) is 3.26. The number of carbonyl (C=O) groups is 1. The van der Waals surface area contributed by atoms with E-state index < -0.39 is 0 Å². The third kappa shape index (κ3) is 0.951. The number of ketones is 1. The van der Waals surface area contributed by atoms with Gasteiger partial charge in [0.2, 0.25) is 0 Å². The van der Waals surface area contributed by atoms with E-state index in [9.17, 15) is 9.18 Å². The number of carbonyl (C=O) groups excluding carboxylic acids is 1. The molecule has 0 unspecified atom stereocenters. The van der Waals surface area contributed by atoms with Crippen LogP contribution < -0.4 is 0 Å². The van der Waals surface area contributed by atoms with E-state index in [1.165, 1.54) is 12.1 Å². The van der Waals surface area contributed by atoms with Crippen LogP contribution in [0.2, 0.25) is 0 Å². The lowest BCUT2D eigenvalue weighted by Gasteiger charge is -2.01. The summed E-state index contributed by atoms with van der Waals surface area (Å²) in [5.74, 6) is 0.0657. The van der Waals surface area contributed by atoms with E-state index >= 15 is 0 Å². The van der Waals surface area contributed by atoms with E-state index in [-0.39, 0.29) is 17.5 Å². The summed E-state index contributed by atoms with van der Waals surface area (Å²) >= 11 is 0. The molecule has 0 saturated carbocycles. The molecule has 0 amide bonds. The van der Waals surface area contributed by atoms with E-state index in [0.717, 1.165) is 5.56 Å². The van der Waals surface area contributed by atoms with Crippen LogP contribution in [0.4, 0.5) is 4.39 Å². The lowest BCUT2D eigenvalue weighted by molar-refractivity contribution is 0.0990. The molecular formula is C10H9FO. The quantitative estimate of drug-likeness (QED) is 0.575. The predicted molar refractivity (Wildman–Crippen MR) is 43.8 cm³/mol. The molecule has 0 saturated heterocycles. The summed E-state index contributed by atoms with van der Waals surface area (Å²) in [5, 5.41) is 0. The lowest BCUT2D eigenvalue weighted by atomic mass is 10.0. The fourth-order valence-electron chi connectivity index (χ4n) is 1.69. The Bertz CT molecular complexity index is 344. The Morgan fingerprint density at radius 2 is 2.25 bits per heavy atom. The van der Waals surface area contributed by atoms with Crippen molar-refractivity contribution in [2.75, 3.05) is 0 Å². The number of rotatable bonds is 0. The Kier molecular flexibility index (Phi) is 1.50. The Morgan fingerprint density at radius 3 is 3.00 bits per heavy atom. The van der Waals surface area contributed by atoms with Gasteiger partial charge in [0.15, 0.2) is 5.78 Å². The molecule has 0 radical (unpaired) electrons. The molecule has 0 fully saturated rings. The first-order chi connectivity index (χ1) is 5.68. The number of benzene rings is 1. The number of hydrogen-bond donors (Lipinski definition) is 0. The van der Waals surface area contributed by atoms with Crippen molar-refractivity contribution in [3.8, 4) is 0 Å². The zero-order valence-electron chi connectivity index (χ0n) is 6.80. The summed E-state index contributed by atoms with van der Waals surface area (Å²) in [6.07, 6.45) is 0.527. The fourth-order valence-corrected chi connectivity index (χ4v) is 1.69. The largest absolute Gasteiger partial charge is 0.294 e. The summed E-state index contributed by atoms with van der Waals surface area (Å²) in [6, 6.07) is 4.39. The number of halogens is 1. The maximum atomic E-state index is 12.8. The molecule has 2 heteroatoms. The second-order valence-corrected chi connectivity index (χ2v) is 3.26. The van der Waals surface area contributed by atoms with Gasteiger partial charge in [0.05, 0.1) is 0 Å². The van der Waals surface area contributed by atoms with E-state index in [1.807, 2.05) is 6.92 Å². The molecule has 0 heterocycles. The van der Waals surface area contributed by atoms with Gasteiger partial charge in [-0.1, -0.05) is 6.92 Å². The molecular weight excluding hydrogens is 155 g/mol. The Hall–Kier alpha value is -1.18. The van der Waals surface area contributed by atoms with Crippen molar-refractivity contribution in [1.82, 2.24) is 0 Å². The van der Waals surface area contributed by atoms with Crippen LogP contribution in [0.25, 0.3) is 0 Å². The Labute approximate surface area is 70.2 Å².